The molecule has 1 aliphatic carbocycles. The molecule has 21 heavy (non-hydrogen) atoms. The molecule has 114 valence electrons. The van der Waals surface area contributed by atoms with Crippen molar-refractivity contribution in [2.24, 2.45) is 5.41 Å². The van der Waals surface area contributed by atoms with Crippen LogP contribution in [0.1, 0.15) is 55.3 Å². The zero-order valence-corrected chi connectivity index (χ0v) is 14.5. The molecule has 1 saturated heterocycles. The number of nitrogens with zero attached hydrogens (tertiary/aromatic N) is 1. The van der Waals surface area contributed by atoms with Gasteiger partial charge >= 0.3 is 0 Å². The summed E-state index contributed by atoms with van der Waals surface area (Å²) in [6.45, 7) is 1.79. The van der Waals surface area contributed by atoms with Gasteiger partial charge in [-0.05, 0) is 65.2 Å². The molecule has 1 aromatic rings. The third kappa shape index (κ3) is 3.29. The topological polar surface area (TPSA) is 20.3 Å². The van der Waals surface area contributed by atoms with Crippen LogP contribution in [0.25, 0.3) is 0 Å². The average Bonchev–Trinajstić information content (AvgIpc) is 2.51. The SMILES string of the molecule is O=C(c1ccc(Br)c(Cl)c1)N1CCC2(CCCCC2)CC1. The molecule has 4 heteroatoms. The highest BCUT2D eigenvalue weighted by Crippen LogP contribution is 2.44. The number of hydrogen-bond donors (Lipinski definition) is 0. The lowest BCUT2D eigenvalue weighted by atomic mass is 9.68. The monoisotopic (exact) mass is 369 g/mol. The number of piperidine rings is 1. The summed E-state index contributed by atoms with van der Waals surface area (Å²) in [7, 11) is 0. The van der Waals surface area contributed by atoms with Crippen molar-refractivity contribution in [3.8, 4) is 0 Å². The molecule has 1 aromatic carbocycles. The first-order valence-electron chi connectivity index (χ1n) is 7.84. The largest absolute Gasteiger partial charge is 0.339 e. The van der Waals surface area contributed by atoms with E-state index in [-0.39, 0.29) is 5.91 Å². The molecule has 2 aliphatic rings. The fourth-order valence-corrected chi connectivity index (χ4v) is 4.22. The van der Waals surface area contributed by atoms with Gasteiger partial charge in [-0.3, -0.25) is 4.79 Å². The maximum absolute atomic E-state index is 12.6. The lowest BCUT2D eigenvalue weighted by Crippen LogP contribution is -2.43. The van der Waals surface area contributed by atoms with Crippen LogP contribution in [0.3, 0.4) is 0 Å². The van der Waals surface area contributed by atoms with E-state index in [0.29, 0.717) is 16.0 Å². The second kappa shape index (κ2) is 6.29. The summed E-state index contributed by atoms with van der Waals surface area (Å²) in [5.41, 5.74) is 1.23. The van der Waals surface area contributed by atoms with Gasteiger partial charge in [0.25, 0.3) is 5.91 Å². The molecule has 0 aromatic heterocycles. The summed E-state index contributed by atoms with van der Waals surface area (Å²) in [5, 5.41) is 0.599. The van der Waals surface area contributed by atoms with Crippen LogP contribution in [-0.4, -0.2) is 23.9 Å². The molecule has 1 amide bonds. The number of likely N-dealkylation sites (tertiary alicyclic amines) is 1. The number of halogens is 2. The number of rotatable bonds is 1. The van der Waals surface area contributed by atoms with E-state index in [1.54, 1.807) is 6.07 Å². The summed E-state index contributed by atoms with van der Waals surface area (Å²) < 4.78 is 0.834. The standard InChI is InChI=1S/C17H21BrClNO/c18-14-5-4-13(12-15(14)19)16(21)20-10-8-17(9-11-20)6-2-1-3-7-17/h4-5,12H,1-3,6-11H2. The Bertz CT molecular complexity index is 530. The first-order valence-corrected chi connectivity index (χ1v) is 9.01. The van der Waals surface area contributed by atoms with Crippen molar-refractivity contribution < 1.29 is 4.79 Å². The van der Waals surface area contributed by atoms with E-state index < -0.39 is 0 Å². The Labute approximate surface area is 140 Å². The van der Waals surface area contributed by atoms with Crippen molar-refractivity contribution in [3.05, 3.63) is 33.3 Å². The highest BCUT2D eigenvalue weighted by molar-refractivity contribution is 9.10. The van der Waals surface area contributed by atoms with Crippen LogP contribution < -0.4 is 0 Å². The quantitative estimate of drug-likeness (QED) is 0.658. The molecule has 2 nitrogen and oxygen atoms in total. The lowest BCUT2D eigenvalue weighted by molar-refractivity contribution is 0.0472. The van der Waals surface area contributed by atoms with Crippen molar-refractivity contribution in [2.75, 3.05) is 13.1 Å². The zero-order valence-electron chi connectivity index (χ0n) is 12.2. The van der Waals surface area contributed by atoms with Crippen molar-refractivity contribution in [1.82, 2.24) is 4.90 Å². The van der Waals surface area contributed by atoms with Gasteiger partial charge in [0.15, 0.2) is 0 Å². The third-order valence-electron chi connectivity index (χ3n) is 5.19. The molecule has 0 atom stereocenters. The lowest BCUT2D eigenvalue weighted by Gasteiger charge is -2.44. The fraction of sp³-hybridized carbons (Fsp3) is 0.588. The molecule has 2 fully saturated rings. The molecule has 0 N–H and O–H groups in total. The third-order valence-corrected chi connectivity index (χ3v) is 6.42. The predicted octanol–water partition coefficient (Wildman–Crippen LogP) is 5.29. The number of benzene rings is 1. The van der Waals surface area contributed by atoms with Gasteiger partial charge in [0.05, 0.1) is 5.02 Å². The Morgan fingerprint density at radius 3 is 2.38 bits per heavy atom. The molecule has 1 heterocycles. The van der Waals surface area contributed by atoms with Crippen LogP contribution >= 0.6 is 27.5 Å². The van der Waals surface area contributed by atoms with E-state index in [4.69, 9.17) is 11.6 Å². The average molecular weight is 371 g/mol. The fourth-order valence-electron chi connectivity index (χ4n) is 3.80. The number of carbonyl (C=O) groups is 1. The molecule has 0 unspecified atom stereocenters. The van der Waals surface area contributed by atoms with Gasteiger partial charge in [-0.1, -0.05) is 30.9 Å². The minimum atomic E-state index is 0.120. The van der Waals surface area contributed by atoms with Crippen LogP contribution in [0.4, 0.5) is 0 Å². The van der Waals surface area contributed by atoms with Gasteiger partial charge < -0.3 is 4.90 Å². The van der Waals surface area contributed by atoms with Crippen LogP contribution in [-0.2, 0) is 0 Å². The maximum Gasteiger partial charge on any atom is 0.253 e. The van der Waals surface area contributed by atoms with Crippen molar-refractivity contribution in [3.63, 3.8) is 0 Å². The molecule has 0 bridgehead atoms. The van der Waals surface area contributed by atoms with Crippen LogP contribution in [0, 0.1) is 5.41 Å². The second-order valence-electron chi connectivity index (χ2n) is 6.48. The number of amides is 1. The summed E-state index contributed by atoms with van der Waals surface area (Å²) in [6, 6.07) is 5.46. The van der Waals surface area contributed by atoms with Gasteiger partial charge in [0.2, 0.25) is 0 Å². The van der Waals surface area contributed by atoms with Crippen molar-refractivity contribution in [1.29, 1.82) is 0 Å². The number of hydrogen-bond acceptors (Lipinski definition) is 1. The van der Waals surface area contributed by atoms with Crippen LogP contribution in [0.5, 0.6) is 0 Å². The smallest absolute Gasteiger partial charge is 0.253 e. The van der Waals surface area contributed by atoms with E-state index in [9.17, 15) is 4.79 Å². The van der Waals surface area contributed by atoms with E-state index in [2.05, 4.69) is 15.9 Å². The summed E-state index contributed by atoms with van der Waals surface area (Å²) in [4.78, 5) is 14.6. The van der Waals surface area contributed by atoms with Crippen LogP contribution in [0.15, 0.2) is 22.7 Å². The first-order chi connectivity index (χ1) is 10.1. The van der Waals surface area contributed by atoms with E-state index >= 15 is 0 Å². The maximum atomic E-state index is 12.6. The van der Waals surface area contributed by atoms with Gasteiger partial charge in [-0.25, -0.2) is 0 Å². The Balaban J connectivity index is 1.65. The molecular weight excluding hydrogens is 350 g/mol. The zero-order chi connectivity index (χ0) is 14.9. The van der Waals surface area contributed by atoms with Gasteiger partial charge in [0.1, 0.15) is 0 Å². The molecule has 1 spiro atoms. The van der Waals surface area contributed by atoms with Crippen LogP contribution in [0.2, 0.25) is 5.02 Å². The summed E-state index contributed by atoms with van der Waals surface area (Å²) in [6.07, 6.45) is 9.19. The minimum Gasteiger partial charge on any atom is -0.339 e. The number of carbonyl (C=O) groups excluding carboxylic acids is 1. The minimum absolute atomic E-state index is 0.120. The summed E-state index contributed by atoms with van der Waals surface area (Å²) >= 11 is 9.46. The molecule has 3 rings (SSSR count). The van der Waals surface area contributed by atoms with E-state index in [1.165, 1.54) is 44.9 Å². The van der Waals surface area contributed by atoms with Crippen molar-refractivity contribution >= 4 is 33.4 Å². The summed E-state index contributed by atoms with van der Waals surface area (Å²) in [5.74, 6) is 0.120. The highest BCUT2D eigenvalue weighted by atomic mass is 79.9. The first kappa shape index (κ1) is 15.4. The van der Waals surface area contributed by atoms with E-state index in [0.717, 1.165) is 17.6 Å². The molecule has 1 aliphatic heterocycles. The van der Waals surface area contributed by atoms with Gasteiger partial charge in [0, 0.05) is 23.1 Å². The Hall–Kier alpha value is -0.540. The highest BCUT2D eigenvalue weighted by Gasteiger charge is 2.36. The Kier molecular flexibility index (Phi) is 4.60. The van der Waals surface area contributed by atoms with Crippen molar-refractivity contribution in [2.45, 2.75) is 44.9 Å². The Morgan fingerprint density at radius 2 is 1.76 bits per heavy atom. The molecular formula is C17H21BrClNO. The normalized spacial score (nSPS) is 21.5. The predicted molar refractivity (Wildman–Crippen MR) is 89.8 cm³/mol. The second-order valence-corrected chi connectivity index (χ2v) is 7.74. The van der Waals surface area contributed by atoms with E-state index in [1.807, 2.05) is 17.0 Å². The van der Waals surface area contributed by atoms with Gasteiger partial charge in [-0.15, -0.1) is 0 Å². The Morgan fingerprint density at radius 1 is 1.10 bits per heavy atom. The molecule has 0 radical (unpaired) electrons. The molecule has 1 saturated carbocycles. The van der Waals surface area contributed by atoms with Gasteiger partial charge in [-0.2, -0.15) is 0 Å².